The predicted octanol–water partition coefficient (Wildman–Crippen LogP) is 1.71. The van der Waals surface area contributed by atoms with E-state index in [9.17, 15) is 4.79 Å². The second kappa shape index (κ2) is 6.80. The summed E-state index contributed by atoms with van der Waals surface area (Å²) in [5, 5.41) is 5.89. The molecule has 0 aliphatic carbocycles. The zero-order chi connectivity index (χ0) is 11.8. The molecule has 0 atom stereocenters. The van der Waals surface area contributed by atoms with Crippen LogP contribution < -0.4 is 10.6 Å². The molecule has 0 unspecified atom stereocenters. The lowest BCUT2D eigenvalue weighted by molar-refractivity contribution is 0.0963. The zero-order valence-corrected chi connectivity index (χ0v) is 9.62. The summed E-state index contributed by atoms with van der Waals surface area (Å²) in [6.45, 7) is 5.41. The Kier molecular flexibility index (Phi) is 5.29. The zero-order valence-electron chi connectivity index (χ0n) is 9.62. The van der Waals surface area contributed by atoms with Crippen LogP contribution in [0.5, 0.6) is 0 Å². The van der Waals surface area contributed by atoms with Crippen LogP contribution >= 0.6 is 0 Å². The highest BCUT2D eigenvalue weighted by Crippen LogP contribution is 2.04. The number of carbonyl (C=O) groups is 1. The SMILES string of the molecule is C=CCCNCc1ccc(C(=O)NC)cc1. The van der Waals surface area contributed by atoms with Crippen molar-refractivity contribution in [3.63, 3.8) is 0 Å². The molecule has 0 radical (unpaired) electrons. The van der Waals surface area contributed by atoms with Gasteiger partial charge in [0, 0.05) is 19.2 Å². The molecule has 0 fully saturated rings. The Morgan fingerprint density at radius 3 is 2.62 bits per heavy atom. The summed E-state index contributed by atoms with van der Waals surface area (Å²) >= 11 is 0. The third-order valence-corrected chi connectivity index (χ3v) is 2.30. The quantitative estimate of drug-likeness (QED) is 0.564. The van der Waals surface area contributed by atoms with E-state index in [-0.39, 0.29) is 5.91 Å². The maximum atomic E-state index is 11.3. The van der Waals surface area contributed by atoms with Crippen LogP contribution in [-0.2, 0) is 6.54 Å². The molecule has 2 N–H and O–H groups in total. The minimum Gasteiger partial charge on any atom is -0.355 e. The molecular formula is C13H18N2O. The summed E-state index contributed by atoms with van der Waals surface area (Å²) in [5.74, 6) is -0.0498. The lowest BCUT2D eigenvalue weighted by atomic mass is 10.1. The summed E-state index contributed by atoms with van der Waals surface area (Å²) in [6.07, 6.45) is 2.86. The number of benzene rings is 1. The van der Waals surface area contributed by atoms with E-state index in [0.29, 0.717) is 5.56 Å². The number of nitrogens with one attached hydrogen (secondary N) is 2. The molecule has 1 aromatic carbocycles. The fourth-order valence-corrected chi connectivity index (χ4v) is 1.36. The molecule has 0 aliphatic rings. The molecule has 1 amide bonds. The Morgan fingerprint density at radius 2 is 2.06 bits per heavy atom. The van der Waals surface area contributed by atoms with Crippen molar-refractivity contribution in [2.45, 2.75) is 13.0 Å². The summed E-state index contributed by atoms with van der Waals surface area (Å²) in [7, 11) is 1.63. The lowest BCUT2D eigenvalue weighted by Crippen LogP contribution is -2.18. The van der Waals surface area contributed by atoms with Gasteiger partial charge < -0.3 is 10.6 Å². The predicted molar refractivity (Wildman–Crippen MR) is 66.4 cm³/mol. The number of amides is 1. The summed E-state index contributed by atoms with van der Waals surface area (Å²) in [4.78, 5) is 11.3. The third kappa shape index (κ3) is 3.87. The van der Waals surface area contributed by atoms with Crippen LogP contribution in [0.2, 0.25) is 0 Å². The van der Waals surface area contributed by atoms with Gasteiger partial charge in [0.05, 0.1) is 0 Å². The van der Waals surface area contributed by atoms with E-state index in [4.69, 9.17) is 0 Å². The largest absolute Gasteiger partial charge is 0.355 e. The molecule has 0 saturated carbocycles. The van der Waals surface area contributed by atoms with Crippen molar-refractivity contribution in [1.82, 2.24) is 10.6 Å². The van der Waals surface area contributed by atoms with Gasteiger partial charge in [-0.2, -0.15) is 0 Å². The van der Waals surface area contributed by atoms with E-state index < -0.39 is 0 Å². The van der Waals surface area contributed by atoms with E-state index in [1.807, 2.05) is 30.3 Å². The Morgan fingerprint density at radius 1 is 1.38 bits per heavy atom. The van der Waals surface area contributed by atoms with Gasteiger partial charge in [-0.05, 0) is 30.7 Å². The monoisotopic (exact) mass is 218 g/mol. The lowest BCUT2D eigenvalue weighted by Gasteiger charge is -2.04. The molecule has 0 saturated heterocycles. The van der Waals surface area contributed by atoms with Crippen LogP contribution in [0.4, 0.5) is 0 Å². The normalized spacial score (nSPS) is 9.81. The Labute approximate surface area is 96.6 Å². The molecule has 3 nitrogen and oxygen atoms in total. The van der Waals surface area contributed by atoms with Crippen LogP contribution in [0.1, 0.15) is 22.3 Å². The molecule has 16 heavy (non-hydrogen) atoms. The smallest absolute Gasteiger partial charge is 0.251 e. The van der Waals surface area contributed by atoms with Crippen molar-refractivity contribution in [1.29, 1.82) is 0 Å². The van der Waals surface area contributed by atoms with E-state index >= 15 is 0 Å². The molecule has 3 heteroatoms. The average molecular weight is 218 g/mol. The number of hydrogen-bond donors (Lipinski definition) is 2. The van der Waals surface area contributed by atoms with Gasteiger partial charge in [-0.25, -0.2) is 0 Å². The van der Waals surface area contributed by atoms with Crippen molar-refractivity contribution in [3.8, 4) is 0 Å². The molecule has 86 valence electrons. The minimum absolute atomic E-state index is 0.0498. The van der Waals surface area contributed by atoms with Gasteiger partial charge in [0.25, 0.3) is 5.91 Å². The van der Waals surface area contributed by atoms with Crippen molar-refractivity contribution < 1.29 is 4.79 Å². The molecule has 0 aromatic heterocycles. The van der Waals surface area contributed by atoms with E-state index in [1.165, 1.54) is 5.56 Å². The van der Waals surface area contributed by atoms with Crippen molar-refractivity contribution in [3.05, 3.63) is 48.0 Å². The molecule has 0 bridgehead atoms. The van der Waals surface area contributed by atoms with Gasteiger partial charge in [-0.15, -0.1) is 6.58 Å². The Balaban J connectivity index is 2.45. The summed E-state index contributed by atoms with van der Waals surface area (Å²) < 4.78 is 0. The first-order chi connectivity index (χ1) is 7.77. The van der Waals surface area contributed by atoms with Crippen LogP contribution in [0.25, 0.3) is 0 Å². The van der Waals surface area contributed by atoms with Crippen LogP contribution in [0.15, 0.2) is 36.9 Å². The van der Waals surface area contributed by atoms with Crippen LogP contribution in [-0.4, -0.2) is 19.5 Å². The van der Waals surface area contributed by atoms with Gasteiger partial charge in [-0.1, -0.05) is 18.2 Å². The first kappa shape index (κ1) is 12.5. The second-order valence-corrected chi connectivity index (χ2v) is 3.53. The summed E-state index contributed by atoms with van der Waals surface area (Å²) in [6, 6.07) is 7.60. The third-order valence-electron chi connectivity index (χ3n) is 2.30. The van der Waals surface area contributed by atoms with Crippen molar-refractivity contribution in [2.24, 2.45) is 0 Å². The molecular weight excluding hydrogens is 200 g/mol. The minimum atomic E-state index is -0.0498. The van der Waals surface area contributed by atoms with E-state index in [0.717, 1.165) is 19.5 Å². The highest BCUT2D eigenvalue weighted by molar-refractivity contribution is 5.93. The van der Waals surface area contributed by atoms with Gasteiger partial charge in [0.1, 0.15) is 0 Å². The van der Waals surface area contributed by atoms with Crippen molar-refractivity contribution in [2.75, 3.05) is 13.6 Å². The maximum absolute atomic E-state index is 11.3. The molecule has 0 aliphatic heterocycles. The highest BCUT2D eigenvalue weighted by atomic mass is 16.1. The van der Waals surface area contributed by atoms with Gasteiger partial charge in [-0.3, -0.25) is 4.79 Å². The standard InChI is InChI=1S/C13H18N2O/c1-3-4-9-15-10-11-5-7-12(8-6-11)13(16)14-2/h3,5-8,15H,1,4,9-10H2,2H3,(H,14,16). The number of hydrogen-bond acceptors (Lipinski definition) is 2. The summed E-state index contributed by atoms with van der Waals surface area (Å²) in [5.41, 5.74) is 1.87. The average Bonchev–Trinajstić information content (AvgIpc) is 2.34. The molecule has 0 heterocycles. The molecule has 0 spiro atoms. The van der Waals surface area contributed by atoms with Crippen LogP contribution in [0.3, 0.4) is 0 Å². The van der Waals surface area contributed by atoms with Gasteiger partial charge in [0.2, 0.25) is 0 Å². The first-order valence-electron chi connectivity index (χ1n) is 5.40. The Hall–Kier alpha value is -1.61. The second-order valence-electron chi connectivity index (χ2n) is 3.53. The van der Waals surface area contributed by atoms with E-state index in [2.05, 4.69) is 17.2 Å². The number of rotatable bonds is 6. The molecule has 1 rings (SSSR count). The van der Waals surface area contributed by atoms with Crippen molar-refractivity contribution >= 4 is 5.91 Å². The maximum Gasteiger partial charge on any atom is 0.251 e. The van der Waals surface area contributed by atoms with E-state index in [1.54, 1.807) is 7.05 Å². The fraction of sp³-hybridized carbons (Fsp3) is 0.308. The Bertz CT molecular complexity index is 343. The van der Waals surface area contributed by atoms with Gasteiger partial charge in [0.15, 0.2) is 0 Å². The first-order valence-corrected chi connectivity index (χ1v) is 5.40. The van der Waals surface area contributed by atoms with Crippen LogP contribution in [0, 0.1) is 0 Å². The topological polar surface area (TPSA) is 41.1 Å². The fourth-order valence-electron chi connectivity index (χ4n) is 1.36. The molecule has 1 aromatic rings. The number of carbonyl (C=O) groups excluding carboxylic acids is 1. The highest BCUT2D eigenvalue weighted by Gasteiger charge is 2.01. The van der Waals surface area contributed by atoms with Gasteiger partial charge >= 0.3 is 0 Å².